The number of hydrogen-bond donors (Lipinski definition) is 0. The van der Waals surface area contributed by atoms with Crippen LogP contribution in [0, 0.1) is 0 Å². The molecule has 0 saturated carbocycles. The van der Waals surface area contributed by atoms with Gasteiger partial charge in [0, 0.05) is 0 Å². The van der Waals surface area contributed by atoms with E-state index in [2.05, 4.69) is 37.9 Å². The minimum absolute atomic E-state index is 0.861. The van der Waals surface area contributed by atoms with E-state index in [4.69, 9.17) is 4.74 Å². The molecule has 1 aliphatic heterocycles. The van der Waals surface area contributed by atoms with Gasteiger partial charge in [-0.05, 0) is 29.8 Å². The smallest absolute Gasteiger partial charge is 0.132 e. The third-order valence-electron chi connectivity index (χ3n) is 3.21. The molecule has 0 spiro atoms. The summed E-state index contributed by atoms with van der Waals surface area (Å²) in [5.41, 5.74) is 2.54. The molecular formula is C13H18NO+. The van der Waals surface area contributed by atoms with Crippen LogP contribution in [0.2, 0.25) is 0 Å². The maximum atomic E-state index is 5.40. The van der Waals surface area contributed by atoms with Crippen LogP contribution in [0.5, 0.6) is 0 Å². The fraction of sp³-hybridized carbons (Fsp3) is 0.385. The van der Waals surface area contributed by atoms with Gasteiger partial charge in [0.05, 0.1) is 20.3 Å². The topological polar surface area (TPSA) is 9.23 Å². The molecule has 0 unspecified atom stereocenters. The molecule has 1 aromatic carbocycles. The van der Waals surface area contributed by atoms with Crippen LogP contribution >= 0.6 is 0 Å². The van der Waals surface area contributed by atoms with Crippen LogP contribution in [-0.2, 0) is 4.74 Å². The van der Waals surface area contributed by atoms with Gasteiger partial charge in [-0.3, -0.25) is 4.48 Å². The van der Waals surface area contributed by atoms with Crippen molar-refractivity contribution in [3.05, 3.63) is 36.4 Å². The van der Waals surface area contributed by atoms with Gasteiger partial charge in [-0.25, -0.2) is 0 Å². The van der Waals surface area contributed by atoms with Crippen molar-refractivity contribution in [1.82, 2.24) is 4.48 Å². The summed E-state index contributed by atoms with van der Waals surface area (Å²) in [6.45, 7) is 7.61. The Morgan fingerprint density at radius 3 is 2.33 bits per heavy atom. The van der Waals surface area contributed by atoms with Gasteiger partial charge >= 0.3 is 0 Å². The molecule has 1 saturated heterocycles. The van der Waals surface area contributed by atoms with E-state index in [0.717, 1.165) is 30.8 Å². The van der Waals surface area contributed by atoms with Gasteiger partial charge in [-0.1, -0.05) is 12.7 Å². The summed E-state index contributed by atoms with van der Waals surface area (Å²) in [5, 5.41) is 0. The van der Waals surface area contributed by atoms with Gasteiger partial charge in [0.1, 0.15) is 18.8 Å². The number of morpholine rings is 1. The van der Waals surface area contributed by atoms with Crippen molar-refractivity contribution in [3.8, 4) is 0 Å². The molecule has 0 radical (unpaired) electrons. The monoisotopic (exact) mass is 204 g/mol. The summed E-state index contributed by atoms with van der Waals surface area (Å²) >= 11 is 0. The summed E-state index contributed by atoms with van der Waals surface area (Å²) in [7, 11) is 2.27. The molecule has 0 N–H and O–H groups in total. The number of quaternary nitrogens is 1. The minimum atomic E-state index is 0.861. The van der Waals surface area contributed by atoms with Crippen molar-refractivity contribution in [2.24, 2.45) is 0 Å². The molecule has 80 valence electrons. The van der Waals surface area contributed by atoms with E-state index in [0.29, 0.717) is 0 Å². The number of ether oxygens (including phenoxy) is 1. The van der Waals surface area contributed by atoms with Crippen LogP contribution in [0.3, 0.4) is 0 Å². The number of hydrogen-bond acceptors (Lipinski definition) is 1. The number of likely N-dealkylation sites (N-methyl/N-ethyl adjacent to an activating group) is 1. The Hall–Kier alpha value is -1.12. The Bertz CT molecular complexity index is 336. The first-order valence-electron chi connectivity index (χ1n) is 5.40. The molecule has 1 fully saturated rings. The SMILES string of the molecule is C=Cc1ccc([N+]2(C)CCOCC2)cc1. The highest BCUT2D eigenvalue weighted by Gasteiger charge is 2.27. The van der Waals surface area contributed by atoms with Crippen LogP contribution in [0.15, 0.2) is 30.8 Å². The first-order valence-corrected chi connectivity index (χ1v) is 5.40. The van der Waals surface area contributed by atoms with Gasteiger partial charge in [-0.15, -0.1) is 0 Å². The second-order valence-corrected chi connectivity index (χ2v) is 4.25. The largest absolute Gasteiger partial charge is 0.370 e. The van der Waals surface area contributed by atoms with E-state index < -0.39 is 0 Å². The summed E-state index contributed by atoms with van der Waals surface area (Å²) in [6, 6.07) is 8.65. The molecule has 2 nitrogen and oxygen atoms in total. The molecule has 15 heavy (non-hydrogen) atoms. The predicted octanol–water partition coefficient (Wildman–Crippen LogP) is 2.30. The summed E-state index contributed by atoms with van der Waals surface area (Å²) in [6.07, 6.45) is 1.88. The Labute approximate surface area is 91.4 Å². The van der Waals surface area contributed by atoms with Crippen LogP contribution in [-0.4, -0.2) is 33.4 Å². The molecule has 2 heteroatoms. The highest BCUT2D eigenvalue weighted by molar-refractivity contribution is 5.53. The quantitative estimate of drug-likeness (QED) is 0.672. The highest BCUT2D eigenvalue weighted by atomic mass is 16.5. The van der Waals surface area contributed by atoms with Gasteiger partial charge in [0.25, 0.3) is 0 Å². The maximum absolute atomic E-state index is 5.40. The van der Waals surface area contributed by atoms with E-state index in [1.54, 1.807) is 0 Å². The molecule has 0 amide bonds. The lowest BCUT2D eigenvalue weighted by Gasteiger charge is -2.37. The van der Waals surface area contributed by atoms with Crippen molar-refractivity contribution >= 4 is 11.8 Å². The zero-order valence-corrected chi connectivity index (χ0v) is 9.28. The third-order valence-corrected chi connectivity index (χ3v) is 3.21. The Balaban J connectivity index is 2.23. The maximum Gasteiger partial charge on any atom is 0.132 e. The van der Waals surface area contributed by atoms with Gasteiger partial charge in [0.15, 0.2) is 0 Å². The first-order chi connectivity index (χ1) is 7.24. The molecule has 0 aliphatic carbocycles. The summed E-state index contributed by atoms with van der Waals surface area (Å²) in [4.78, 5) is 0. The molecular weight excluding hydrogens is 186 g/mol. The first kappa shape index (κ1) is 10.4. The Morgan fingerprint density at radius 2 is 1.80 bits per heavy atom. The lowest BCUT2D eigenvalue weighted by atomic mass is 10.1. The van der Waals surface area contributed by atoms with Crippen LogP contribution < -0.4 is 4.48 Å². The number of benzene rings is 1. The molecule has 1 aromatic rings. The van der Waals surface area contributed by atoms with Crippen molar-refractivity contribution in [3.63, 3.8) is 0 Å². The fourth-order valence-corrected chi connectivity index (χ4v) is 1.97. The van der Waals surface area contributed by atoms with E-state index in [1.807, 2.05) is 6.08 Å². The minimum Gasteiger partial charge on any atom is -0.370 e. The number of nitrogens with zero attached hydrogens (tertiary/aromatic N) is 1. The summed E-state index contributed by atoms with van der Waals surface area (Å²) < 4.78 is 6.38. The predicted molar refractivity (Wildman–Crippen MR) is 64.8 cm³/mol. The van der Waals surface area contributed by atoms with E-state index >= 15 is 0 Å². The second kappa shape index (κ2) is 4.17. The zero-order chi connectivity index (χ0) is 10.7. The lowest BCUT2D eigenvalue weighted by Crippen LogP contribution is -2.53. The van der Waals surface area contributed by atoms with Crippen molar-refractivity contribution in [2.45, 2.75) is 0 Å². The molecule has 0 atom stereocenters. The Kier molecular flexibility index (Phi) is 2.89. The lowest BCUT2D eigenvalue weighted by molar-refractivity contribution is 0.0526. The van der Waals surface area contributed by atoms with E-state index in [9.17, 15) is 0 Å². The summed E-state index contributed by atoms with van der Waals surface area (Å²) in [5.74, 6) is 0. The molecule has 0 bridgehead atoms. The van der Waals surface area contributed by atoms with Crippen molar-refractivity contribution < 1.29 is 4.74 Å². The molecule has 1 aliphatic rings. The molecule has 1 heterocycles. The average Bonchev–Trinajstić information content (AvgIpc) is 2.30. The van der Waals surface area contributed by atoms with Crippen LogP contribution in [0.4, 0.5) is 5.69 Å². The third kappa shape index (κ3) is 2.11. The van der Waals surface area contributed by atoms with Gasteiger partial charge in [0.2, 0.25) is 0 Å². The van der Waals surface area contributed by atoms with Crippen LogP contribution in [0.1, 0.15) is 5.56 Å². The van der Waals surface area contributed by atoms with Crippen molar-refractivity contribution in [1.29, 1.82) is 0 Å². The number of rotatable bonds is 2. The fourth-order valence-electron chi connectivity index (χ4n) is 1.97. The normalized spacial score (nSPS) is 19.8. The van der Waals surface area contributed by atoms with Crippen LogP contribution in [0.25, 0.3) is 6.08 Å². The zero-order valence-electron chi connectivity index (χ0n) is 9.28. The van der Waals surface area contributed by atoms with Gasteiger partial charge < -0.3 is 4.74 Å². The standard InChI is InChI=1S/C13H18NO/c1-3-12-4-6-13(7-5-12)14(2)8-10-15-11-9-14/h3-7H,1,8-11H2,2H3/q+1. The molecule has 0 aromatic heterocycles. The molecule has 2 rings (SSSR count). The van der Waals surface area contributed by atoms with E-state index in [1.165, 1.54) is 11.3 Å². The van der Waals surface area contributed by atoms with Crippen molar-refractivity contribution in [2.75, 3.05) is 33.4 Å². The average molecular weight is 204 g/mol. The van der Waals surface area contributed by atoms with Gasteiger partial charge in [-0.2, -0.15) is 0 Å². The van der Waals surface area contributed by atoms with E-state index in [-0.39, 0.29) is 0 Å². The Morgan fingerprint density at radius 1 is 1.20 bits per heavy atom. The second-order valence-electron chi connectivity index (χ2n) is 4.25. The highest BCUT2D eigenvalue weighted by Crippen LogP contribution is 2.23.